The summed E-state index contributed by atoms with van der Waals surface area (Å²) in [5, 5.41) is 3.57. The summed E-state index contributed by atoms with van der Waals surface area (Å²) in [6.45, 7) is 4.09. The molecule has 120 valence electrons. The number of benzene rings is 2. The number of para-hydroxylation sites is 1. The van der Waals surface area contributed by atoms with Crippen molar-refractivity contribution >= 4 is 28.9 Å². The Hall–Kier alpha value is -2.04. The van der Waals surface area contributed by atoms with Crippen LogP contribution in [0, 0.1) is 0 Å². The number of amides is 1. The van der Waals surface area contributed by atoms with Gasteiger partial charge in [-0.3, -0.25) is 9.69 Å². The summed E-state index contributed by atoms with van der Waals surface area (Å²) in [7, 11) is 0. The fourth-order valence-electron chi connectivity index (χ4n) is 2.74. The molecule has 1 amide bonds. The van der Waals surface area contributed by atoms with Crippen molar-refractivity contribution in [3.63, 3.8) is 0 Å². The second kappa shape index (κ2) is 7.49. The van der Waals surface area contributed by atoms with Crippen LogP contribution in [0.1, 0.15) is 0 Å². The maximum Gasteiger partial charge on any atom is 0.238 e. The number of piperazine rings is 1. The van der Waals surface area contributed by atoms with Crippen molar-refractivity contribution in [3.05, 3.63) is 59.6 Å². The quantitative estimate of drug-likeness (QED) is 0.936. The molecule has 0 bridgehead atoms. The highest BCUT2D eigenvalue weighted by molar-refractivity contribution is 6.30. The summed E-state index contributed by atoms with van der Waals surface area (Å²) >= 11 is 5.84. The third kappa shape index (κ3) is 4.47. The van der Waals surface area contributed by atoms with Crippen molar-refractivity contribution in [2.24, 2.45) is 0 Å². The zero-order valence-corrected chi connectivity index (χ0v) is 13.7. The van der Waals surface area contributed by atoms with Crippen LogP contribution in [0.15, 0.2) is 54.6 Å². The molecule has 1 aliphatic rings. The van der Waals surface area contributed by atoms with Gasteiger partial charge in [0.05, 0.1) is 6.54 Å². The van der Waals surface area contributed by atoms with Gasteiger partial charge in [0.2, 0.25) is 5.91 Å². The Morgan fingerprint density at radius 3 is 2.26 bits per heavy atom. The van der Waals surface area contributed by atoms with Gasteiger partial charge in [-0.1, -0.05) is 29.8 Å². The minimum absolute atomic E-state index is 0.0143. The van der Waals surface area contributed by atoms with Gasteiger partial charge < -0.3 is 10.2 Å². The lowest BCUT2D eigenvalue weighted by molar-refractivity contribution is -0.117. The smallest absolute Gasteiger partial charge is 0.238 e. The summed E-state index contributed by atoms with van der Waals surface area (Å²) in [5.41, 5.74) is 2.03. The molecule has 0 spiro atoms. The summed E-state index contributed by atoms with van der Waals surface area (Å²) < 4.78 is 0. The van der Waals surface area contributed by atoms with Crippen LogP contribution < -0.4 is 10.2 Å². The van der Waals surface area contributed by atoms with E-state index in [1.54, 1.807) is 12.1 Å². The summed E-state index contributed by atoms with van der Waals surface area (Å²) in [6.07, 6.45) is 0. The van der Waals surface area contributed by atoms with Crippen LogP contribution in [0.3, 0.4) is 0 Å². The molecule has 0 unspecified atom stereocenters. The van der Waals surface area contributed by atoms with E-state index in [4.69, 9.17) is 11.6 Å². The lowest BCUT2D eigenvalue weighted by atomic mass is 10.2. The fourth-order valence-corrected chi connectivity index (χ4v) is 2.87. The molecular formula is C18H20ClN3O. The molecule has 1 aliphatic heterocycles. The largest absolute Gasteiger partial charge is 0.369 e. The van der Waals surface area contributed by atoms with Crippen LogP contribution in [0.5, 0.6) is 0 Å². The summed E-state index contributed by atoms with van der Waals surface area (Å²) in [4.78, 5) is 16.7. The van der Waals surface area contributed by atoms with E-state index in [0.717, 1.165) is 31.9 Å². The first kappa shape index (κ1) is 15.8. The standard InChI is InChI=1S/C18H20ClN3O/c19-15-6-8-16(9-7-15)20-18(23)14-21-10-12-22(13-11-21)17-4-2-1-3-5-17/h1-9H,10-14H2,(H,20,23). The number of halogens is 1. The van der Waals surface area contributed by atoms with Crippen LogP contribution in [0.2, 0.25) is 5.02 Å². The second-order valence-electron chi connectivity index (χ2n) is 5.65. The SMILES string of the molecule is O=C(CN1CCN(c2ccccc2)CC1)Nc1ccc(Cl)cc1. The number of rotatable bonds is 4. The molecule has 1 fully saturated rings. The molecule has 1 N–H and O–H groups in total. The van der Waals surface area contributed by atoms with Crippen molar-refractivity contribution in [1.29, 1.82) is 0 Å². The van der Waals surface area contributed by atoms with Gasteiger partial charge in [-0.25, -0.2) is 0 Å². The Morgan fingerprint density at radius 2 is 1.61 bits per heavy atom. The van der Waals surface area contributed by atoms with Crippen molar-refractivity contribution < 1.29 is 4.79 Å². The van der Waals surface area contributed by atoms with E-state index in [9.17, 15) is 4.79 Å². The molecular weight excluding hydrogens is 310 g/mol. The van der Waals surface area contributed by atoms with Gasteiger partial charge in [-0.15, -0.1) is 0 Å². The summed E-state index contributed by atoms with van der Waals surface area (Å²) in [5.74, 6) is 0.0143. The minimum atomic E-state index is 0.0143. The van der Waals surface area contributed by atoms with Gasteiger partial charge >= 0.3 is 0 Å². The Kier molecular flexibility index (Phi) is 5.16. The van der Waals surface area contributed by atoms with E-state index >= 15 is 0 Å². The maximum atomic E-state index is 12.1. The zero-order valence-electron chi connectivity index (χ0n) is 12.9. The van der Waals surface area contributed by atoms with Crippen LogP contribution >= 0.6 is 11.6 Å². The summed E-state index contributed by atoms with van der Waals surface area (Å²) in [6, 6.07) is 17.6. The predicted molar refractivity (Wildman–Crippen MR) is 95.2 cm³/mol. The molecule has 0 atom stereocenters. The Balaban J connectivity index is 1.47. The highest BCUT2D eigenvalue weighted by Crippen LogP contribution is 2.16. The average molecular weight is 330 g/mol. The molecule has 0 aromatic heterocycles. The third-order valence-corrected chi connectivity index (χ3v) is 4.24. The fraction of sp³-hybridized carbons (Fsp3) is 0.278. The normalized spacial score (nSPS) is 15.4. The zero-order chi connectivity index (χ0) is 16.1. The Bertz CT molecular complexity index is 637. The highest BCUT2D eigenvalue weighted by atomic mass is 35.5. The second-order valence-corrected chi connectivity index (χ2v) is 6.09. The van der Waals surface area contributed by atoms with E-state index in [-0.39, 0.29) is 5.91 Å². The number of hydrogen-bond acceptors (Lipinski definition) is 3. The molecule has 1 saturated heterocycles. The molecule has 0 radical (unpaired) electrons. The molecule has 5 heteroatoms. The molecule has 0 aliphatic carbocycles. The number of nitrogens with zero attached hydrogens (tertiary/aromatic N) is 2. The highest BCUT2D eigenvalue weighted by Gasteiger charge is 2.19. The van der Waals surface area contributed by atoms with Gasteiger partial charge in [-0.05, 0) is 36.4 Å². The third-order valence-electron chi connectivity index (χ3n) is 3.99. The van der Waals surface area contributed by atoms with Crippen LogP contribution in [-0.4, -0.2) is 43.5 Å². The molecule has 4 nitrogen and oxygen atoms in total. The van der Waals surface area contributed by atoms with E-state index in [2.05, 4.69) is 39.4 Å². The predicted octanol–water partition coefficient (Wildman–Crippen LogP) is 3.10. The van der Waals surface area contributed by atoms with Crippen LogP contribution in [0.4, 0.5) is 11.4 Å². The van der Waals surface area contributed by atoms with Crippen molar-refractivity contribution in [2.45, 2.75) is 0 Å². The van der Waals surface area contributed by atoms with Gasteiger partial charge in [0.1, 0.15) is 0 Å². The molecule has 2 aromatic carbocycles. The van der Waals surface area contributed by atoms with Crippen LogP contribution in [0.25, 0.3) is 0 Å². The minimum Gasteiger partial charge on any atom is -0.369 e. The first-order chi connectivity index (χ1) is 11.2. The van der Waals surface area contributed by atoms with E-state index in [1.165, 1.54) is 5.69 Å². The lowest BCUT2D eigenvalue weighted by Crippen LogP contribution is -2.48. The van der Waals surface area contributed by atoms with Gasteiger partial charge in [0, 0.05) is 42.6 Å². The number of nitrogens with one attached hydrogen (secondary N) is 1. The van der Waals surface area contributed by atoms with Gasteiger partial charge in [0.15, 0.2) is 0 Å². The number of anilines is 2. The molecule has 3 rings (SSSR count). The van der Waals surface area contributed by atoms with Crippen molar-refractivity contribution in [3.8, 4) is 0 Å². The Morgan fingerprint density at radius 1 is 0.957 bits per heavy atom. The average Bonchev–Trinajstić information content (AvgIpc) is 2.58. The van der Waals surface area contributed by atoms with Gasteiger partial charge in [0.25, 0.3) is 0 Å². The van der Waals surface area contributed by atoms with Gasteiger partial charge in [-0.2, -0.15) is 0 Å². The molecule has 1 heterocycles. The number of carbonyl (C=O) groups is 1. The first-order valence-corrected chi connectivity index (χ1v) is 8.16. The van der Waals surface area contributed by atoms with E-state index in [0.29, 0.717) is 11.6 Å². The Labute approximate surface area is 141 Å². The molecule has 0 saturated carbocycles. The monoisotopic (exact) mass is 329 g/mol. The topological polar surface area (TPSA) is 35.6 Å². The maximum absolute atomic E-state index is 12.1. The van der Waals surface area contributed by atoms with Crippen molar-refractivity contribution in [1.82, 2.24) is 4.90 Å². The van der Waals surface area contributed by atoms with Crippen LogP contribution in [-0.2, 0) is 4.79 Å². The van der Waals surface area contributed by atoms with E-state index in [1.807, 2.05) is 18.2 Å². The lowest BCUT2D eigenvalue weighted by Gasteiger charge is -2.35. The first-order valence-electron chi connectivity index (χ1n) is 7.78. The number of carbonyl (C=O) groups excluding carboxylic acids is 1. The van der Waals surface area contributed by atoms with Crippen molar-refractivity contribution in [2.75, 3.05) is 42.9 Å². The number of hydrogen-bond donors (Lipinski definition) is 1. The molecule has 23 heavy (non-hydrogen) atoms. The molecule has 2 aromatic rings. The van der Waals surface area contributed by atoms with E-state index < -0.39 is 0 Å².